The van der Waals surface area contributed by atoms with Gasteiger partial charge in [-0.15, -0.1) is 0 Å². The molecule has 0 saturated heterocycles. The third-order valence-corrected chi connectivity index (χ3v) is 5.08. The van der Waals surface area contributed by atoms with Gasteiger partial charge in [-0.05, 0) is 47.7 Å². The number of halogens is 3. The fourth-order valence-corrected chi connectivity index (χ4v) is 3.77. The Bertz CT molecular complexity index is 914. The second kappa shape index (κ2) is 7.73. The van der Waals surface area contributed by atoms with Gasteiger partial charge in [0.2, 0.25) is 0 Å². The maximum absolute atomic E-state index is 14.2. The minimum Gasteiger partial charge on any atom is -0.493 e. The maximum atomic E-state index is 14.2. The molecule has 1 aliphatic rings. The van der Waals surface area contributed by atoms with Crippen molar-refractivity contribution in [1.29, 1.82) is 0 Å². The van der Waals surface area contributed by atoms with Crippen molar-refractivity contribution in [2.45, 2.75) is 26.3 Å². The molecule has 2 aromatic carbocycles. The predicted octanol–water partition coefficient (Wildman–Crippen LogP) is 4.52. The lowest BCUT2D eigenvalue weighted by molar-refractivity contribution is 0.0596. The number of hydrogen-bond acceptors (Lipinski definition) is 3. The highest BCUT2D eigenvalue weighted by molar-refractivity contribution is 5.95. The summed E-state index contributed by atoms with van der Waals surface area (Å²) in [6.45, 7) is 4.21. The Kier molecular flexibility index (Phi) is 5.54. The highest BCUT2D eigenvalue weighted by atomic mass is 19.2. The van der Waals surface area contributed by atoms with Gasteiger partial charge in [0.05, 0.1) is 25.8 Å². The van der Waals surface area contributed by atoms with Crippen LogP contribution < -0.4 is 9.47 Å². The molecule has 0 N–H and O–H groups in total. The third kappa shape index (κ3) is 3.30. The van der Waals surface area contributed by atoms with Crippen molar-refractivity contribution in [3.8, 4) is 11.5 Å². The second-order valence-electron chi connectivity index (χ2n) is 7.07. The Morgan fingerprint density at radius 2 is 1.71 bits per heavy atom. The normalized spacial score (nSPS) is 16.1. The van der Waals surface area contributed by atoms with E-state index in [4.69, 9.17) is 9.47 Å². The Morgan fingerprint density at radius 3 is 2.32 bits per heavy atom. The molecule has 1 heterocycles. The monoisotopic (exact) mass is 393 g/mol. The molecule has 3 rings (SSSR count). The van der Waals surface area contributed by atoms with E-state index in [1.165, 1.54) is 12.0 Å². The average Bonchev–Trinajstić information content (AvgIpc) is 2.69. The smallest absolute Gasteiger partial charge is 0.257 e. The molecule has 28 heavy (non-hydrogen) atoms. The van der Waals surface area contributed by atoms with E-state index in [2.05, 4.69) is 0 Å². The largest absolute Gasteiger partial charge is 0.493 e. The lowest BCUT2D eigenvalue weighted by Crippen LogP contribution is -2.42. The zero-order valence-corrected chi connectivity index (χ0v) is 16.2. The second-order valence-corrected chi connectivity index (χ2v) is 7.07. The molecule has 1 aliphatic heterocycles. The fourth-order valence-electron chi connectivity index (χ4n) is 3.77. The number of fused-ring (bicyclic) bond motifs is 1. The van der Waals surface area contributed by atoms with Crippen molar-refractivity contribution in [2.24, 2.45) is 5.92 Å². The van der Waals surface area contributed by atoms with Crippen LogP contribution in [-0.2, 0) is 6.42 Å². The zero-order chi connectivity index (χ0) is 20.6. The van der Waals surface area contributed by atoms with E-state index < -0.39 is 28.9 Å². The number of amides is 1. The molecule has 0 bridgehead atoms. The molecule has 1 unspecified atom stereocenters. The fraction of sp³-hybridized carbons (Fsp3) is 0.381. The van der Waals surface area contributed by atoms with Gasteiger partial charge in [0.15, 0.2) is 29.0 Å². The molecule has 0 spiro atoms. The molecule has 150 valence electrons. The summed E-state index contributed by atoms with van der Waals surface area (Å²) in [6.07, 6.45) is 0.524. The summed E-state index contributed by atoms with van der Waals surface area (Å²) >= 11 is 0. The molecule has 7 heteroatoms. The highest BCUT2D eigenvalue weighted by Crippen LogP contribution is 2.41. The minimum atomic E-state index is -1.64. The minimum absolute atomic E-state index is 0.00513. The predicted molar refractivity (Wildman–Crippen MR) is 98.2 cm³/mol. The first-order chi connectivity index (χ1) is 13.3. The Balaban J connectivity index is 2.07. The molecule has 1 atom stereocenters. The number of methoxy groups -OCH3 is 2. The molecule has 0 aliphatic carbocycles. The van der Waals surface area contributed by atoms with E-state index >= 15 is 0 Å². The lowest BCUT2D eigenvalue weighted by atomic mass is 9.85. The first-order valence-electron chi connectivity index (χ1n) is 8.99. The lowest BCUT2D eigenvalue weighted by Gasteiger charge is -2.40. The molecule has 1 amide bonds. The first kappa shape index (κ1) is 20.0. The van der Waals surface area contributed by atoms with Gasteiger partial charge in [-0.1, -0.05) is 13.8 Å². The van der Waals surface area contributed by atoms with Crippen molar-refractivity contribution in [3.05, 3.63) is 58.4 Å². The summed E-state index contributed by atoms with van der Waals surface area (Å²) in [5.41, 5.74) is 1.40. The van der Waals surface area contributed by atoms with Crippen LogP contribution in [0.4, 0.5) is 13.2 Å². The van der Waals surface area contributed by atoms with Crippen LogP contribution in [0.5, 0.6) is 11.5 Å². The number of hydrogen-bond donors (Lipinski definition) is 0. The van der Waals surface area contributed by atoms with Crippen molar-refractivity contribution in [2.75, 3.05) is 20.8 Å². The summed E-state index contributed by atoms with van der Waals surface area (Å²) < 4.78 is 51.8. The Morgan fingerprint density at radius 1 is 1.07 bits per heavy atom. The number of nitrogens with zero attached hydrogens (tertiary/aromatic N) is 1. The Labute approximate surface area is 161 Å². The van der Waals surface area contributed by atoms with Crippen LogP contribution in [-0.4, -0.2) is 31.6 Å². The van der Waals surface area contributed by atoms with Crippen molar-refractivity contribution >= 4 is 5.91 Å². The molecular formula is C21H22F3NO3. The maximum Gasteiger partial charge on any atom is 0.257 e. The van der Waals surface area contributed by atoms with E-state index in [1.54, 1.807) is 7.11 Å². The number of benzene rings is 2. The van der Waals surface area contributed by atoms with Gasteiger partial charge in [0, 0.05) is 6.54 Å². The van der Waals surface area contributed by atoms with Crippen LogP contribution in [0.1, 0.15) is 41.4 Å². The van der Waals surface area contributed by atoms with E-state index in [-0.39, 0.29) is 12.0 Å². The van der Waals surface area contributed by atoms with Gasteiger partial charge < -0.3 is 14.4 Å². The SMILES string of the molecule is COc1cc2c(cc1OC)C(C(C)C)N(C(=O)c1ccc(F)c(F)c1F)CC2. The van der Waals surface area contributed by atoms with E-state index in [9.17, 15) is 18.0 Å². The summed E-state index contributed by atoms with van der Waals surface area (Å²) in [5, 5.41) is 0. The standard InChI is InChI=1S/C21H22F3NO3/c1-11(2)20-14-10-17(28-4)16(27-3)9-12(14)7-8-25(20)21(26)13-5-6-15(22)19(24)18(13)23/h5-6,9-11,20H,7-8H2,1-4H3. The quantitative estimate of drug-likeness (QED) is 0.717. The summed E-state index contributed by atoms with van der Waals surface area (Å²) in [7, 11) is 3.08. The Hall–Kier alpha value is -2.70. The van der Waals surface area contributed by atoms with E-state index in [1.807, 2.05) is 26.0 Å². The molecule has 0 saturated carbocycles. The van der Waals surface area contributed by atoms with Gasteiger partial charge >= 0.3 is 0 Å². The van der Waals surface area contributed by atoms with E-state index in [0.29, 0.717) is 24.5 Å². The van der Waals surface area contributed by atoms with Gasteiger partial charge in [0.25, 0.3) is 5.91 Å². The van der Waals surface area contributed by atoms with Crippen molar-refractivity contribution in [3.63, 3.8) is 0 Å². The van der Waals surface area contributed by atoms with Crippen LogP contribution in [0.25, 0.3) is 0 Å². The van der Waals surface area contributed by atoms with E-state index in [0.717, 1.165) is 23.3 Å². The van der Waals surface area contributed by atoms with Crippen molar-refractivity contribution < 1.29 is 27.4 Å². The van der Waals surface area contributed by atoms with Gasteiger partial charge in [-0.25, -0.2) is 13.2 Å². The number of ether oxygens (including phenoxy) is 2. The van der Waals surface area contributed by atoms with Gasteiger partial charge in [-0.2, -0.15) is 0 Å². The molecule has 2 aromatic rings. The van der Waals surface area contributed by atoms with Crippen molar-refractivity contribution in [1.82, 2.24) is 4.90 Å². The zero-order valence-electron chi connectivity index (χ0n) is 16.2. The molecule has 0 fully saturated rings. The average molecular weight is 393 g/mol. The molecule has 4 nitrogen and oxygen atoms in total. The molecular weight excluding hydrogens is 371 g/mol. The molecule has 0 aromatic heterocycles. The summed E-state index contributed by atoms with van der Waals surface area (Å²) in [6, 6.07) is 5.08. The van der Waals surface area contributed by atoms with Crippen LogP contribution in [0, 0.1) is 23.4 Å². The number of carbonyl (C=O) groups excluding carboxylic acids is 1. The van der Waals surface area contributed by atoms with Crippen LogP contribution in [0.15, 0.2) is 24.3 Å². The highest BCUT2D eigenvalue weighted by Gasteiger charge is 2.36. The summed E-state index contributed by atoms with van der Waals surface area (Å²) in [5.74, 6) is -3.99. The summed E-state index contributed by atoms with van der Waals surface area (Å²) in [4.78, 5) is 14.5. The van der Waals surface area contributed by atoms with Gasteiger partial charge in [0.1, 0.15) is 0 Å². The number of carbonyl (C=O) groups is 1. The van der Waals surface area contributed by atoms with Crippen LogP contribution >= 0.6 is 0 Å². The molecule has 0 radical (unpaired) electrons. The van der Waals surface area contributed by atoms with Gasteiger partial charge in [-0.3, -0.25) is 4.79 Å². The van der Waals surface area contributed by atoms with Crippen LogP contribution in [0.3, 0.4) is 0 Å². The van der Waals surface area contributed by atoms with Crippen LogP contribution in [0.2, 0.25) is 0 Å². The topological polar surface area (TPSA) is 38.8 Å². The number of rotatable bonds is 4. The first-order valence-corrected chi connectivity index (χ1v) is 8.99. The third-order valence-electron chi connectivity index (χ3n) is 5.08.